The molecule has 1 N–H and O–H groups in total. The van der Waals surface area contributed by atoms with Crippen LogP contribution in [0, 0.1) is 5.92 Å². The molecular formula is C19H27N3O2. The Morgan fingerprint density at radius 2 is 1.92 bits per heavy atom. The number of imidazole rings is 1. The smallest absolute Gasteiger partial charge is 0.275 e. The molecule has 0 atom stereocenters. The highest BCUT2D eigenvalue weighted by Gasteiger charge is 2.08. The lowest BCUT2D eigenvalue weighted by Gasteiger charge is -2.17. The quantitative estimate of drug-likeness (QED) is 0.840. The zero-order valence-corrected chi connectivity index (χ0v) is 15.0. The van der Waals surface area contributed by atoms with E-state index in [1.807, 2.05) is 46.9 Å². The van der Waals surface area contributed by atoms with E-state index in [0.29, 0.717) is 17.8 Å². The molecule has 24 heavy (non-hydrogen) atoms. The fourth-order valence-corrected chi connectivity index (χ4v) is 2.70. The Morgan fingerprint density at radius 3 is 2.46 bits per heavy atom. The molecule has 0 radical (unpaired) electrons. The molecule has 5 heteroatoms. The summed E-state index contributed by atoms with van der Waals surface area (Å²) in [5.41, 5.74) is 2.70. The van der Waals surface area contributed by atoms with Crippen molar-refractivity contribution >= 4 is 18.3 Å². The molecule has 1 heterocycles. The summed E-state index contributed by atoms with van der Waals surface area (Å²) < 4.78 is 3.58. The van der Waals surface area contributed by atoms with Crippen molar-refractivity contribution in [3.8, 4) is 0 Å². The van der Waals surface area contributed by atoms with Gasteiger partial charge in [-0.1, -0.05) is 32.6 Å². The van der Waals surface area contributed by atoms with Crippen molar-refractivity contribution < 1.29 is 5.11 Å². The number of hydrogen-bond acceptors (Lipinski definition) is 3. The molecule has 130 valence electrons. The zero-order chi connectivity index (χ0) is 17.9. The third-order valence-electron chi connectivity index (χ3n) is 4.13. The standard InChI is InChI=1S/C19H27N3O2/c1-14(2)13-22-15(3)21(5)19(24)18(22)12-16-6-8-17(9-7-16)20(4)10-11-23/h6-9,12,14,23H,3,10-11,13H2,1-2,4-5H3/b18-12+. The van der Waals surface area contributed by atoms with Crippen molar-refractivity contribution in [2.75, 3.05) is 25.1 Å². The molecule has 0 saturated carbocycles. The van der Waals surface area contributed by atoms with Crippen LogP contribution >= 0.6 is 0 Å². The second-order valence-corrected chi connectivity index (χ2v) is 6.55. The molecule has 0 amide bonds. The third kappa shape index (κ3) is 3.79. The number of likely N-dealkylation sites (N-methyl/N-ethyl adjacent to an activating group) is 1. The Labute approximate surface area is 142 Å². The van der Waals surface area contributed by atoms with Crippen molar-refractivity contribution in [3.63, 3.8) is 0 Å². The number of hydrogen-bond donors (Lipinski definition) is 1. The minimum Gasteiger partial charge on any atom is -0.395 e. The van der Waals surface area contributed by atoms with Gasteiger partial charge >= 0.3 is 0 Å². The van der Waals surface area contributed by atoms with Gasteiger partial charge in [-0.3, -0.25) is 9.36 Å². The Bertz CT molecular complexity index is 844. The summed E-state index contributed by atoms with van der Waals surface area (Å²) in [6.07, 6.45) is 1.91. The number of aliphatic hydroxyl groups is 1. The topological polar surface area (TPSA) is 50.4 Å². The molecule has 0 fully saturated rings. The van der Waals surface area contributed by atoms with Crippen LogP contribution in [0.4, 0.5) is 5.69 Å². The number of rotatable bonds is 6. The second kappa shape index (κ2) is 7.53. The molecule has 0 saturated heterocycles. The number of aliphatic hydroxyl groups excluding tert-OH is 1. The normalized spacial score (nSPS) is 12.2. The Hall–Kier alpha value is -2.27. The van der Waals surface area contributed by atoms with Crippen LogP contribution in [0.3, 0.4) is 0 Å². The summed E-state index contributed by atoms with van der Waals surface area (Å²) in [6.45, 7) is 9.75. The molecule has 0 aliphatic carbocycles. The first-order valence-electron chi connectivity index (χ1n) is 8.23. The van der Waals surface area contributed by atoms with Gasteiger partial charge in [-0.15, -0.1) is 0 Å². The van der Waals surface area contributed by atoms with E-state index in [-0.39, 0.29) is 12.2 Å². The van der Waals surface area contributed by atoms with E-state index in [1.54, 1.807) is 11.6 Å². The number of benzene rings is 1. The SMILES string of the molecule is C=c1n(C)c(=O)/c(=C\c2ccc(N(C)CCO)cc2)n1CC(C)C. The summed E-state index contributed by atoms with van der Waals surface area (Å²) in [6, 6.07) is 7.95. The van der Waals surface area contributed by atoms with Crippen molar-refractivity contribution in [1.29, 1.82) is 0 Å². The lowest BCUT2D eigenvalue weighted by Crippen LogP contribution is -2.33. The minimum absolute atomic E-state index is 0.0258. The van der Waals surface area contributed by atoms with Crippen LogP contribution in [0.25, 0.3) is 12.7 Å². The van der Waals surface area contributed by atoms with Crippen LogP contribution in [0.15, 0.2) is 29.1 Å². The fourth-order valence-electron chi connectivity index (χ4n) is 2.70. The predicted octanol–water partition coefficient (Wildman–Crippen LogP) is 0.510. The summed E-state index contributed by atoms with van der Waals surface area (Å²) >= 11 is 0. The summed E-state index contributed by atoms with van der Waals surface area (Å²) in [5.74, 6) is 0.430. The monoisotopic (exact) mass is 329 g/mol. The van der Waals surface area contributed by atoms with E-state index in [0.717, 1.165) is 23.3 Å². The molecule has 1 aromatic heterocycles. The highest BCUT2D eigenvalue weighted by atomic mass is 16.3. The van der Waals surface area contributed by atoms with E-state index in [1.165, 1.54) is 0 Å². The van der Waals surface area contributed by atoms with E-state index in [9.17, 15) is 4.79 Å². The van der Waals surface area contributed by atoms with Crippen molar-refractivity contribution in [2.24, 2.45) is 13.0 Å². The minimum atomic E-state index is -0.0258. The summed E-state index contributed by atoms with van der Waals surface area (Å²) in [5, 5.41) is 9.68. The summed E-state index contributed by atoms with van der Waals surface area (Å²) in [7, 11) is 3.69. The summed E-state index contributed by atoms with van der Waals surface area (Å²) in [4.78, 5) is 14.5. The third-order valence-corrected chi connectivity index (χ3v) is 4.13. The lowest BCUT2D eigenvalue weighted by molar-refractivity contribution is 0.304. The average Bonchev–Trinajstić information content (AvgIpc) is 2.73. The van der Waals surface area contributed by atoms with Gasteiger partial charge in [0.2, 0.25) is 0 Å². The van der Waals surface area contributed by atoms with Crippen molar-refractivity contribution in [1.82, 2.24) is 9.13 Å². The van der Waals surface area contributed by atoms with Gasteiger partial charge in [0.15, 0.2) is 0 Å². The lowest BCUT2D eigenvalue weighted by atomic mass is 10.2. The molecule has 2 aromatic rings. The molecule has 0 spiro atoms. The van der Waals surface area contributed by atoms with Gasteiger partial charge in [0, 0.05) is 32.9 Å². The molecule has 0 aliphatic rings. The molecule has 1 aromatic carbocycles. The van der Waals surface area contributed by atoms with E-state index in [2.05, 4.69) is 20.4 Å². The van der Waals surface area contributed by atoms with Gasteiger partial charge in [-0.2, -0.15) is 0 Å². The van der Waals surface area contributed by atoms with Gasteiger partial charge in [0.05, 0.1) is 6.61 Å². The van der Waals surface area contributed by atoms with Crippen LogP contribution in [0.2, 0.25) is 0 Å². The first-order chi connectivity index (χ1) is 11.3. The van der Waals surface area contributed by atoms with Crippen LogP contribution < -0.4 is 21.3 Å². The Balaban J connectivity index is 2.46. The molecule has 0 aliphatic heterocycles. The van der Waals surface area contributed by atoms with Gasteiger partial charge in [0.25, 0.3) is 5.56 Å². The van der Waals surface area contributed by atoms with Gasteiger partial charge in [0.1, 0.15) is 10.8 Å². The molecular weight excluding hydrogens is 302 g/mol. The predicted molar refractivity (Wildman–Crippen MR) is 99.6 cm³/mol. The van der Waals surface area contributed by atoms with Crippen LogP contribution in [-0.4, -0.2) is 34.4 Å². The maximum Gasteiger partial charge on any atom is 0.275 e. The maximum absolute atomic E-state index is 12.5. The number of nitrogens with zero attached hydrogens (tertiary/aromatic N) is 3. The fraction of sp³-hybridized carbons (Fsp3) is 0.421. The largest absolute Gasteiger partial charge is 0.395 e. The molecule has 5 nitrogen and oxygen atoms in total. The Kier molecular flexibility index (Phi) is 5.67. The van der Waals surface area contributed by atoms with Crippen LogP contribution in [0.5, 0.6) is 0 Å². The molecule has 2 rings (SSSR count). The first-order valence-corrected chi connectivity index (χ1v) is 8.23. The van der Waals surface area contributed by atoms with E-state index in [4.69, 9.17) is 5.11 Å². The van der Waals surface area contributed by atoms with Crippen molar-refractivity contribution in [3.05, 3.63) is 51.0 Å². The molecule has 0 bridgehead atoms. The van der Waals surface area contributed by atoms with Crippen molar-refractivity contribution in [2.45, 2.75) is 20.4 Å². The van der Waals surface area contributed by atoms with Crippen LogP contribution in [-0.2, 0) is 13.6 Å². The van der Waals surface area contributed by atoms with Gasteiger partial charge in [-0.05, 0) is 29.7 Å². The number of anilines is 1. The maximum atomic E-state index is 12.5. The number of aromatic nitrogens is 2. The van der Waals surface area contributed by atoms with Gasteiger partial charge < -0.3 is 14.6 Å². The highest BCUT2D eigenvalue weighted by molar-refractivity contribution is 5.55. The average molecular weight is 329 g/mol. The molecule has 0 unspecified atom stereocenters. The van der Waals surface area contributed by atoms with Gasteiger partial charge in [-0.25, -0.2) is 0 Å². The van der Waals surface area contributed by atoms with Crippen LogP contribution in [0.1, 0.15) is 19.4 Å². The van der Waals surface area contributed by atoms with E-state index >= 15 is 0 Å². The highest BCUT2D eigenvalue weighted by Crippen LogP contribution is 2.13. The van der Waals surface area contributed by atoms with E-state index < -0.39 is 0 Å². The first kappa shape index (κ1) is 18.1. The second-order valence-electron chi connectivity index (χ2n) is 6.55. The zero-order valence-electron chi connectivity index (χ0n) is 15.0. The Morgan fingerprint density at radius 1 is 1.29 bits per heavy atom.